The molecule has 5 N–H and O–H groups in total. The summed E-state index contributed by atoms with van der Waals surface area (Å²) < 4.78 is 0. The molecular formula is C18H18N4O5S. The number of nitrogens with zero attached hydrogens (tertiary/aromatic N) is 1. The molecule has 28 heavy (non-hydrogen) atoms. The first-order chi connectivity index (χ1) is 13.3. The van der Waals surface area contributed by atoms with E-state index < -0.39 is 28.7 Å². The summed E-state index contributed by atoms with van der Waals surface area (Å²) in [4.78, 5) is 45.7. The fourth-order valence-corrected chi connectivity index (χ4v) is 3.20. The van der Waals surface area contributed by atoms with Crippen molar-refractivity contribution in [3.63, 3.8) is 0 Å². The predicted octanol–water partition coefficient (Wildman–Crippen LogP) is 0.999. The van der Waals surface area contributed by atoms with Gasteiger partial charge in [-0.05, 0) is 17.7 Å². The van der Waals surface area contributed by atoms with Crippen LogP contribution < -0.4 is 16.8 Å². The Morgan fingerprint density at radius 2 is 1.79 bits per heavy atom. The predicted molar refractivity (Wildman–Crippen MR) is 104 cm³/mol. The molecule has 0 radical (unpaired) electrons. The second-order valence-corrected chi connectivity index (χ2v) is 6.82. The summed E-state index contributed by atoms with van der Waals surface area (Å²) >= 11 is 0.906. The largest absolute Gasteiger partial charge is 0.368 e. The van der Waals surface area contributed by atoms with Gasteiger partial charge in [-0.25, -0.2) is 0 Å². The molecule has 0 spiro atoms. The van der Waals surface area contributed by atoms with E-state index in [2.05, 4.69) is 5.32 Å². The molecule has 0 aliphatic heterocycles. The van der Waals surface area contributed by atoms with Gasteiger partial charge in [-0.2, -0.15) is 0 Å². The van der Waals surface area contributed by atoms with E-state index in [4.69, 9.17) is 11.5 Å². The minimum atomic E-state index is -0.900. The lowest BCUT2D eigenvalue weighted by Crippen LogP contribution is -2.46. The van der Waals surface area contributed by atoms with Gasteiger partial charge in [0.25, 0.3) is 5.69 Å². The van der Waals surface area contributed by atoms with Crippen LogP contribution in [0.25, 0.3) is 0 Å². The molecule has 0 bridgehead atoms. The maximum absolute atomic E-state index is 12.2. The van der Waals surface area contributed by atoms with Gasteiger partial charge in [0, 0.05) is 18.1 Å². The molecule has 0 aliphatic carbocycles. The molecule has 0 saturated heterocycles. The van der Waals surface area contributed by atoms with Crippen molar-refractivity contribution in [1.29, 1.82) is 0 Å². The van der Waals surface area contributed by atoms with Crippen LogP contribution in [0.5, 0.6) is 0 Å². The first-order valence-corrected chi connectivity index (χ1v) is 9.10. The highest BCUT2D eigenvalue weighted by Gasteiger charge is 2.21. The maximum atomic E-state index is 12.2. The number of amides is 3. The third-order valence-corrected chi connectivity index (χ3v) is 4.82. The lowest BCUT2D eigenvalue weighted by Gasteiger charge is -2.15. The number of hydrogen-bond acceptors (Lipinski definition) is 6. The van der Waals surface area contributed by atoms with E-state index in [0.717, 1.165) is 23.4 Å². The molecule has 2 aromatic rings. The third-order valence-electron chi connectivity index (χ3n) is 3.76. The molecule has 0 heterocycles. The minimum Gasteiger partial charge on any atom is -0.368 e. The second kappa shape index (κ2) is 9.51. The van der Waals surface area contributed by atoms with Gasteiger partial charge in [-0.1, -0.05) is 30.3 Å². The summed E-state index contributed by atoms with van der Waals surface area (Å²) in [5, 5.41) is 13.7. The molecule has 0 saturated carbocycles. The van der Waals surface area contributed by atoms with E-state index in [-0.39, 0.29) is 28.3 Å². The van der Waals surface area contributed by atoms with Gasteiger partial charge in [0.15, 0.2) is 0 Å². The normalized spacial score (nSPS) is 11.4. The Hall–Kier alpha value is -3.40. The van der Waals surface area contributed by atoms with E-state index in [9.17, 15) is 24.5 Å². The minimum absolute atomic E-state index is 0.00263. The smallest absolute Gasteiger partial charge is 0.283 e. The molecule has 1 unspecified atom stereocenters. The molecule has 0 aliphatic rings. The van der Waals surface area contributed by atoms with Crippen LogP contribution in [0.3, 0.4) is 0 Å². The zero-order valence-electron chi connectivity index (χ0n) is 14.7. The average molecular weight is 402 g/mol. The lowest BCUT2D eigenvalue weighted by molar-refractivity contribution is -0.387. The van der Waals surface area contributed by atoms with Crippen molar-refractivity contribution in [3.05, 3.63) is 69.8 Å². The first-order valence-electron chi connectivity index (χ1n) is 8.11. The van der Waals surface area contributed by atoms with Gasteiger partial charge in [-0.15, -0.1) is 11.8 Å². The second-order valence-electron chi connectivity index (χ2n) is 5.80. The number of benzene rings is 2. The number of thioether (sulfide) groups is 1. The van der Waals surface area contributed by atoms with Crippen LogP contribution in [0.15, 0.2) is 53.4 Å². The molecule has 10 heteroatoms. The third kappa shape index (κ3) is 5.81. The number of nitrogens with one attached hydrogen (secondary N) is 1. The molecule has 0 fully saturated rings. The molecular weight excluding hydrogens is 384 g/mol. The molecule has 2 rings (SSSR count). The van der Waals surface area contributed by atoms with Crippen LogP contribution in [-0.4, -0.2) is 34.4 Å². The van der Waals surface area contributed by atoms with Crippen molar-refractivity contribution in [2.24, 2.45) is 11.5 Å². The SMILES string of the molecule is NC(=O)c1ccc(SCC(=O)NC(Cc2ccccc2)C(N)=O)c([N+](=O)[O-])c1. The van der Waals surface area contributed by atoms with E-state index in [1.165, 1.54) is 12.1 Å². The molecule has 3 amide bonds. The Kier molecular flexibility index (Phi) is 7.10. The zero-order chi connectivity index (χ0) is 20.7. The monoisotopic (exact) mass is 402 g/mol. The Bertz CT molecular complexity index is 904. The van der Waals surface area contributed by atoms with Gasteiger partial charge >= 0.3 is 0 Å². The van der Waals surface area contributed by atoms with Crippen LogP contribution in [0.4, 0.5) is 5.69 Å². The molecule has 0 aromatic heterocycles. The number of rotatable bonds is 9. The fraction of sp³-hybridized carbons (Fsp3) is 0.167. The highest BCUT2D eigenvalue weighted by molar-refractivity contribution is 8.00. The number of primary amides is 2. The van der Waals surface area contributed by atoms with E-state index in [1.54, 1.807) is 24.3 Å². The summed E-state index contributed by atoms with van der Waals surface area (Å²) in [7, 11) is 0. The lowest BCUT2D eigenvalue weighted by atomic mass is 10.1. The van der Waals surface area contributed by atoms with Crippen molar-refractivity contribution < 1.29 is 19.3 Å². The van der Waals surface area contributed by atoms with Crippen LogP contribution in [0.2, 0.25) is 0 Å². The van der Waals surface area contributed by atoms with Crippen molar-refractivity contribution in [3.8, 4) is 0 Å². The first kappa shape index (κ1) is 20.9. The van der Waals surface area contributed by atoms with Gasteiger partial charge in [0.2, 0.25) is 17.7 Å². The quantitative estimate of drug-likeness (QED) is 0.322. The van der Waals surface area contributed by atoms with Gasteiger partial charge in [0.1, 0.15) is 6.04 Å². The highest BCUT2D eigenvalue weighted by atomic mass is 32.2. The number of carbonyl (C=O) groups excluding carboxylic acids is 3. The van der Waals surface area contributed by atoms with Crippen LogP contribution >= 0.6 is 11.8 Å². The average Bonchev–Trinajstić information content (AvgIpc) is 2.66. The Balaban J connectivity index is 2.03. The summed E-state index contributed by atoms with van der Waals surface area (Å²) in [6, 6.07) is 11.9. The highest BCUT2D eigenvalue weighted by Crippen LogP contribution is 2.30. The van der Waals surface area contributed by atoms with Crippen LogP contribution in [0, 0.1) is 10.1 Å². The Morgan fingerprint density at radius 3 is 2.36 bits per heavy atom. The fourth-order valence-electron chi connectivity index (χ4n) is 2.39. The van der Waals surface area contributed by atoms with Crippen molar-refractivity contribution >= 4 is 35.2 Å². The zero-order valence-corrected chi connectivity index (χ0v) is 15.5. The van der Waals surface area contributed by atoms with Gasteiger partial charge in [0.05, 0.1) is 15.6 Å². The molecule has 2 aromatic carbocycles. The van der Waals surface area contributed by atoms with E-state index in [1.807, 2.05) is 6.07 Å². The van der Waals surface area contributed by atoms with Crippen molar-refractivity contribution in [2.75, 3.05) is 5.75 Å². The summed E-state index contributed by atoms with van der Waals surface area (Å²) in [5.74, 6) is -2.14. The Morgan fingerprint density at radius 1 is 1.11 bits per heavy atom. The molecule has 1 atom stereocenters. The number of nitrogens with two attached hydrogens (primary N) is 2. The number of nitro benzene ring substituents is 1. The maximum Gasteiger partial charge on any atom is 0.283 e. The Labute approximate surface area is 164 Å². The summed E-state index contributed by atoms with van der Waals surface area (Å²) in [5.41, 5.74) is 11.0. The number of carbonyl (C=O) groups is 3. The van der Waals surface area contributed by atoms with Gasteiger partial charge in [-0.3, -0.25) is 24.5 Å². The van der Waals surface area contributed by atoms with E-state index in [0.29, 0.717) is 0 Å². The van der Waals surface area contributed by atoms with E-state index >= 15 is 0 Å². The van der Waals surface area contributed by atoms with Crippen molar-refractivity contribution in [2.45, 2.75) is 17.4 Å². The summed E-state index contributed by atoms with van der Waals surface area (Å²) in [6.07, 6.45) is 0.236. The molecule has 9 nitrogen and oxygen atoms in total. The topological polar surface area (TPSA) is 158 Å². The standard InChI is InChI=1S/C18H18N4O5S/c19-17(24)12-6-7-15(14(9-12)22(26)27)28-10-16(23)21-13(18(20)25)8-11-4-2-1-3-5-11/h1-7,9,13H,8,10H2,(H2,19,24)(H2,20,25)(H,21,23). The van der Waals surface area contributed by atoms with Gasteiger partial charge < -0.3 is 16.8 Å². The number of nitro groups is 1. The van der Waals surface area contributed by atoms with Crippen molar-refractivity contribution in [1.82, 2.24) is 5.32 Å². The number of hydrogen-bond donors (Lipinski definition) is 3. The van der Waals surface area contributed by atoms with Crippen LogP contribution in [0.1, 0.15) is 15.9 Å². The van der Waals surface area contributed by atoms with Crippen LogP contribution in [-0.2, 0) is 16.0 Å². The molecule has 146 valence electrons. The summed E-state index contributed by atoms with van der Waals surface area (Å²) in [6.45, 7) is 0.